The first-order valence-electron chi connectivity index (χ1n) is 7.55. The summed E-state index contributed by atoms with van der Waals surface area (Å²) in [5.41, 5.74) is 2.32. The SMILES string of the molecule is CCOc1cc(/C=C(/C#N)c2ccc(Br)cc2)cc(Br)c1OCC. The lowest BCUT2D eigenvalue weighted by molar-refractivity contribution is 0.286. The van der Waals surface area contributed by atoms with Crippen molar-refractivity contribution in [2.24, 2.45) is 0 Å². The van der Waals surface area contributed by atoms with Gasteiger partial charge < -0.3 is 9.47 Å². The van der Waals surface area contributed by atoms with Crippen molar-refractivity contribution >= 4 is 43.5 Å². The summed E-state index contributed by atoms with van der Waals surface area (Å²) in [6.07, 6.45) is 1.84. The number of nitriles is 1. The molecule has 2 aromatic rings. The van der Waals surface area contributed by atoms with Gasteiger partial charge in [0.1, 0.15) is 0 Å². The van der Waals surface area contributed by atoms with Gasteiger partial charge in [-0.1, -0.05) is 28.1 Å². The summed E-state index contributed by atoms with van der Waals surface area (Å²) < 4.78 is 13.1. The Kier molecular flexibility index (Phi) is 6.89. The van der Waals surface area contributed by atoms with Crippen molar-refractivity contribution in [2.75, 3.05) is 13.2 Å². The standard InChI is InChI=1S/C19H17Br2NO2/c1-3-23-18-11-13(10-17(21)19(18)24-4-2)9-15(12-22)14-5-7-16(20)8-6-14/h5-11H,3-4H2,1-2H3/b15-9-. The number of halogens is 2. The molecule has 0 aliphatic carbocycles. The molecule has 0 aliphatic rings. The molecule has 0 aromatic heterocycles. The molecule has 24 heavy (non-hydrogen) atoms. The number of rotatable bonds is 6. The first-order chi connectivity index (χ1) is 11.6. The van der Waals surface area contributed by atoms with Crippen LogP contribution in [0.3, 0.4) is 0 Å². The van der Waals surface area contributed by atoms with E-state index < -0.39 is 0 Å². The first kappa shape index (κ1) is 18.6. The molecule has 0 bridgehead atoms. The van der Waals surface area contributed by atoms with Gasteiger partial charge in [-0.05, 0) is 71.2 Å². The predicted molar refractivity (Wildman–Crippen MR) is 104 cm³/mol. The first-order valence-corrected chi connectivity index (χ1v) is 9.14. The van der Waals surface area contributed by atoms with E-state index in [2.05, 4.69) is 37.9 Å². The summed E-state index contributed by atoms with van der Waals surface area (Å²) in [5, 5.41) is 9.49. The third-order valence-electron chi connectivity index (χ3n) is 3.21. The van der Waals surface area contributed by atoms with E-state index in [1.807, 2.05) is 56.3 Å². The number of nitrogens with zero attached hydrogens (tertiary/aromatic N) is 1. The van der Waals surface area contributed by atoms with E-state index in [9.17, 15) is 5.26 Å². The number of allylic oxidation sites excluding steroid dienone is 1. The molecule has 0 fully saturated rings. The summed E-state index contributed by atoms with van der Waals surface area (Å²) in [5.74, 6) is 1.34. The van der Waals surface area contributed by atoms with Gasteiger partial charge in [-0.25, -0.2) is 0 Å². The maximum Gasteiger partial charge on any atom is 0.175 e. The van der Waals surface area contributed by atoms with E-state index >= 15 is 0 Å². The monoisotopic (exact) mass is 449 g/mol. The minimum Gasteiger partial charge on any atom is -0.490 e. The van der Waals surface area contributed by atoms with Crippen LogP contribution in [0, 0.1) is 11.3 Å². The fraction of sp³-hybridized carbons (Fsp3) is 0.211. The Balaban J connectivity index is 2.46. The van der Waals surface area contributed by atoms with Crippen LogP contribution >= 0.6 is 31.9 Å². The highest BCUT2D eigenvalue weighted by Crippen LogP contribution is 2.38. The molecule has 124 valence electrons. The predicted octanol–water partition coefficient (Wildman–Crippen LogP) is 6.07. The molecule has 0 heterocycles. The molecule has 0 saturated heterocycles. The minimum atomic E-state index is 0.539. The van der Waals surface area contributed by atoms with Crippen molar-refractivity contribution in [1.29, 1.82) is 5.26 Å². The summed E-state index contributed by atoms with van der Waals surface area (Å²) in [7, 11) is 0. The van der Waals surface area contributed by atoms with E-state index in [1.165, 1.54) is 0 Å². The Hall–Kier alpha value is -1.77. The second-order valence-electron chi connectivity index (χ2n) is 4.87. The summed E-state index contributed by atoms with van der Waals surface area (Å²) in [4.78, 5) is 0. The zero-order valence-corrected chi connectivity index (χ0v) is 16.6. The Labute approximate surface area is 159 Å². The fourth-order valence-corrected chi connectivity index (χ4v) is 3.03. The molecular weight excluding hydrogens is 434 g/mol. The quantitative estimate of drug-likeness (QED) is 0.396. The third-order valence-corrected chi connectivity index (χ3v) is 4.32. The lowest BCUT2D eigenvalue weighted by Gasteiger charge is -2.13. The molecule has 0 atom stereocenters. The van der Waals surface area contributed by atoms with Crippen molar-refractivity contribution in [1.82, 2.24) is 0 Å². The van der Waals surface area contributed by atoms with Crippen LogP contribution < -0.4 is 9.47 Å². The Morgan fingerprint density at radius 1 is 1.08 bits per heavy atom. The molecule has 0 N–H and O–H groups in total. The molecule has 0 spiro atoms. The Morgan fingerprint density at radius 3 is 2.33 bits per heavy atom. The lowest BCUT2D eigenvalue weighted by Crippen LogP contribution is -1.99. The van der Waals surface area contributed by atoms with Gasteiger partial charge in [0.25, 0.3) is 0 Å². The van der Waals surface area contributed by atoms with Crippen molar-refractivity contribution < 1.29 is 9.47 Å². The normalized spacial score (nSPS) is 11.0. The maximum absolute atomic E-state index is 9.49. The molecule has 0 amide bonds. The number of benzene rings is 2. The molecule has 0 saturated carbocycles. The van der Waals surface area contributed by atoms with Crippen LogP contribution in [-0.2, 0) is 0 Å². The highest BCUT2D eigenvalue weighted by atomic mass is 79.9. The van der Waals surface area contributed by atoms with Gasteiger partial charge in [-0.2, -0.15) is 5.26 Å². The van der Waals surface area contributed by atoms with E-state index in [0.717, 1.165) is 20.1 Å². The molecule has 0 radical (unpaired) electrons. The largest absolute Gasteiger partial charge is 0.490 e. The van der Waals surface area contributed by atoms with Crippen LogP contribution in [0.25, 0.3) is 11.6 Å². The van der Waals surface area contributed by atoms with E-state index in [1.54, 1.807) is 0 Å². The smallest absolute Gasteiger partial charge is 0.175 e. The van der Waals surface area contributed by atoms with Gasteiger partial charge in [-0.15, -0.1) is 0 Å². The summed E-state index contributed by atoms with van der Waals surface area (Å²) >= 11 is 6.93. The van der Waals surface area contributed by atoms with E-state index in [0.29, 0.717) is 30.3 Å². The third kappa shape index (κ3) is 4.62. The summed E-state index contributed by atoms with van der Waals surface area (Å²) in [6.45, 7) is 4.94. The molecule has 0 aliphatic heterocycles. The molecular formula is C19H17Br2NO2. The number of hydrogen-bond acceptors (Lipinski definition) is 3. The van der Waals surface area contributed by atoms with Crippen molar-refractivity contribution in [2.45, 2.75) is 13.8 Å². The van der Waals surface area contributed by atoms with Crippen LogP contribution in [0.2, 0.25) is 0 Å². The zero-order chi connectivity index (χ0) is 17.5. The average molecular weight is 451 g/mol. The van der Waals surface area contributed by atoms with Gasteiger partial charge in [-0.3, -0.25) is 0 Å². The van der Waals surface area contributed by atoms with E-state index in [4.69, 9.17) is 9.47 Å². The molecule has 2 aromatic carbocycles. The highest BCUT2D eigenvalue weighted by molar-refractivity contribution is 9.10. The van der Waals surface area contributed by atoms with Crippen LogP contribution in [0.4, 0.5) is 0 Å². The van der Waals surface area contributed by atoms with Crippen molar-refractivity contribution in [3.8, 4) is 17.6 Å². The topological polar surface area (TPSA) is 42.2 Å². The van der Waals surface area contributed by atoms with Crippen LogP contribution in [0.1, 0.15) is 25.0 Å². The van der Waals surface area contributed by atoms with Crippen molar-refractivity contribution in [3.05, 3.63) is 56.5 Å². The van der Waals surface area contributed by atoms with Gasteiger partial charge in [0.15, 0.2) is 11.5 Å². The molecule has 0 unspecified atom stereocenters. The summed E-state index contributed by atoms with van der Waals surface area (Å²) in [6, 6.07) is 13.7. The fourth-order valence-electron chi connectivity index (χ4n) is 2.19. The number of hydrogen-bond donors (Lipinski definition) is 0. The second kappa shape index (κ2) is 8.91. The van der Waals surface area contributed by atoms with Gasteiger partial charge in [0.2, 0.25) is 0 Å². The van der Waals surface area contributed by atoms with E-state index in [-0.39, 0.29) is 0 Å². The van der Waals surface area contributed by atoms with Crippen LogP contribution in [0.5, 0.6) is 11.5 Å². The van der Waals surface area contributed by atoms with Crippen LogP contribution in [-0.4, -0.2) is 13.2 Å². The molecule has 2 rings (SSSR count). The minimum absolute atomic E-state index is 0.539. The van der Waals surface area contributed by atoms with Crippen LogP contribution in [0.15, 0.2) is 45.3 Å². The second-order valence-corrected chi connectivity index (χ2v) is 6.64. The van der Waals surface area contributed by atoms with Gasteiger partial charge >= 0.3 is 0 Å². The highest BCUT2D eigenvalue weighted by Gasteiger charge is 2.12. The average Bonchev–Trinajstić information content (AvgIpc) is 2.57. The van der Waals surface area contributed by atoms with Gasteiger partial charge in [0, 0.05) is 4.47 Å². The molecule has 3 nitrogen and oxygen atoms in total. The zero-order valence-electron chi connectivity index (χ0n) is 13.5. The Morgan fingerprint density at radius 2 is 1.75 bits per heavy atom. The Bertz CT molecular complexity index is 777. The lowest BCUT2D eigenvalue weighted by atomic mass is 10.0. The molecule has 5 heteroatoms. The number of ether oxygens (including phenoxy) is 2. The van der Waals surface area contributed by atoms with Gasteiger partial charge in [0.05, 0.1) is 29.3 Å². The van der Waals surface area contributed by atoms with Crippen molar-refractivity contribution in [3.63, 3.8) is 0 Å². The maximum atomic E-state index is 9.49.